The normalized spacial score (nSPS) is 27.9. The van der Waals surface area contributed by atoms with E-state index in [0.29, 0.717) is 12.1 Å². The number of aliphatic hydroxyl groups is 1. The van der Waals surface area contributed by atoms with Crippen molar-refractivity contribution in [3.8, 4) is 0 Å². The Labute approximate surface area is 87.1 Å². The van der Waals surface area contributed by atoms with E-state index in [-0.39, 0.29) is 6.10 Å². The van der Waals surface area contributed by atoms with Crippen LogP contribution < -0.4 is 0 Å². The molecule has 0 aliphatic heterocycles. The third-order valence-electron chi connectivity index (χ3n) is 3.09. The minimum Gasteiger partial charge on any atom is -0.391 e. The second-order valence-electron chi connectivity index (χ2n) is 4.39. The summed E-state index contributed by atoms with van der Waals surface area (Å²) in [5.41, 5.74) is 0. The number of ether oxygens (including phenoxy) is 1. The van der Waals surface area contributed by atoms with Crippen molar-refractivity contribution >= 4 is 0 Å². The molecule has 0 saturated heterocycles. The summed E-state index contributed by atoms with van der Waals surface area (Å²) in [4.78, 5) is 2.36. The van der Waals surface area contributed by atoms with Crippen LogP contribution in [0.5, 0.6) is 0 Å². The third-order valence-corrected chi connectivity index (χ3v) is 3.09. The zero-order chi connectivity index (χ0) is 10.6. The van der Waals surface area contributed by atoms with Gasteiger partial charge in [0.1, 0.15) is 0 Å². The highest BCUT2D eigenvalue weighted by molar-refractivity contribution is 4.86. The molecule has 0 unspecified atom stereocenters. The van der Waals surface area contributed by atoms with Crippen LogP contribution in [-0.4, -0.2) is 48.5 Å². The first-order chi connectivity index (χ1) is 6.66. The minimum atomic E-state index is -0.130. The van der Waals surface area contributed by atoms with Crippen molar-refractivity contribution in [2.24, 2.45) is 0 Å². The first-order valence-electron chi connectivity index (χ1n) is 5.59. The van der Waals surface area contributed by atoms with Gasteiger partial charge in [0.15, 0.2) is 0 Å². The first kappa shape index (κ1) is 12.0. The smallest absolute Gasteiger partial charge is 0.0695 e. The molecular weight excluding hydrogens is 178 g/mol. The van der Waals surface area contributed by atoms with E-state index in [0.717, 1.165) is 32.4 Å². The molecule has 0 spiro atoms. The maximum Gasteiger partial charge on any atom is 0.0695 e. The van der Waals surface area contributed by atoms with Crippen molar-refractivity contribution < 1.29 is 9.84 Å². The second kappa shape index (κ2) is 5.69. The predicted molar refractivity (Wildman–Crippen MR) is 57.4 cm³/mol. The van der Waals surface area contributed by atoms with Gasteiger partial charge < -0.3 is 9.84 Å². The highest BCUT2D eigenvalue weighted by Crippen LogP contribution is 2.25. The Morgan fingerprint density at radius 1 is 1.43 bits per heavy atom. The van der Waals surface area contributed by atoms with Crippen molar-refractivity contribution in [2.75, 3.05) is 20.3 Å². The van der Waals surface area contributed by atoms with E-state index >= 15 is 0 Å². The maximum absolute atomic E-state index is 9.83. The molecule has 84 valence electrons. The molecule has 1 saturated carbocycles. The number of aliphatic hydroxyl groups excluding tert-OH is 1. The van der Waals surface area contributed by atoms with Gasteiger partial charge in [0.25, 0.3) is 0 Å². The van der Waals surface area contributed by atoms with Crippen molar-refractivity contribution in [2.45, 2.75) is 51.3 Å². The Kier molecular flexibility index (Phi) is 4.85. The summed E-state index contributed by atoms with van der Waals surface area (Å²) in [7, 11) is 1.73. The van der Waals surface area contributed by atoms with E-state index in [1.54, 1.807) is 7.11 Å². The van der Waals surface area contributed by atoms with Crippen molar-refractivity contribution in [3.63, 3.8) is 0 Å². The van der Waals surface area contributed by atoms with Gasteiger partial charge in [-0.25, -0.2) is 0 Å². The van der Waals surface area contributed by atoms with E-state index in [4.69, 9.17) is 4.74 Å². The van der Waals surface area contributed by atoms with Crippen molar-refractivity contribution in [1.29, 1.82) is 0 Å². The lowest BCUT2D eigenvalue weighted by atomic mass is 10.1. The van der Waals surface area contributed by atoms with Gasteiger partial charge in [0.2, 0.25) is 0 Å². The Balaban J connectivity index is 2.48. The van der Waals surface area contributed by atoms with Gasteiger partial charge in [-0.05, 0) is 33.1 Å². The van der Waals surface area contributed by atoms with Crippen molar-refractivity contribution in [3.05, 3.63) is 0 Å². The van der Waals surface area contributed by atoms with Gasteiger partial charge in [0.05, 0.1) is 12.7 Å². The number of methoxy groups -OCH3 is 1. The predicted octanol–water partition coefficient (Wildman–Crippen LogP) is 1.26. The molecule has 1 aliphatic rings. The monoisotopic (exact) mass is 201 g/mol. The van der Waals surface area contributed by atoms with Crippen LogP contribution >= 0.6 is 0 Å². The summed E-state index contributed by atoms with van der Waals surface area (Å²) in [5, 5.41) is 9.83. The summed E-state index contributed by atoms with van der Waals surface area (Å²) in [6, 6.07) is 0.841. The van der Waals surface area contributed by atoms with Gasteiger partial charge in [-0.15, -0.1) is 0 Å². The Hall–Kier alpha value is -0.120. The van der Waals surface area contributed by atoms with Gasteiger partial charge in [-0.1, -0.05) is 0 Å². The van der Waals surface area contributed by atoms with Crippen LogP contribution in [0.4, 0.5) is 0 Å². The first-order valence-corrected chi connectivity index (χ1v) is 5.59. The molecule has 1 N–H and O–H groups in total. The van der Waals surface area contributed by atoms with E-state index in [2.05, 4.69) is 18.7 Å². The van der Waals surface area contributed by atoms with E-state index in [1.807, 2.05) is 0 Å². The average molecular weight is 201 g/mol. The summed E-state index contributed by atoms with van der Waals surface area (Å²) in [6.45, 7) is 6.04. The van der Waals surface area contributed by atoms with Crippen molar-refractivity contribution in [1.82, 2.24) is 4.90 Å². The highest BCUT2D eigenvalue weighted by Gasteiger charge is 2.31. The van der Waals surface area contributed by atoms with Crippen LogP contribution in [0.15, 0.2) is 0 Å². The summed E-state index contributed by atoms with van der Waals surface area (Å²) in [6.07, 6.45) is 3.11. The third kappa shape index (κ3) is 2.94. The largest absolute Gasteiger partial charge is 0.391 e. The maximum atomic E-state index is 9.83. The standard InChI is InChI=1S/C11H23NO2/c1-9(2)12(7-8-14-3)10-5-4-6-11(10)13/h9-11,13H,4-8H2,1-3H3/t10-,11-/m1/s1. The SMILES string of the molecule is COCCN(C(C)C)[C@@H]1CCC[C@H]1O. The topological polar surface area (TPSA) is 32.7 Å². The van der Waals surface area contributed by atoms with Gasteiger partial charge >= 0.3 is 0 Å². The molecule has 0 bridgehead atoms. The number of rotatable bonds is 5. The molecule has 1 rings (SSSR count). The van der Waals surface area contributed by atoms with Crippen LogP contribution in [0.2, 0.25) is 0 Å². The van der Waals surface area contributed by atoms with Crippen LogP contribution in [0.1, 0.15) is 33.1 Å². The van der Waals surface area contributed by atoms with E-state index in [9.17, 15) is 5.11 Å². The molecule has 3 heteroatoms. The summed E-state index contributed by atoms with van der Waals surface area (Å²) >= 11 is 0. The second-order valence-corrected chi connectivity index (χ2v) is 4.39. The lowest BCUT2D eigenvalue weighted by Crippen LogP contribution is -2.46. The fraction of sp³-hybridized carbons (Fsp3) is 1.00. The fourth-order valence-corrected chi connectivity index (χ4v) is 2.31. The number of hydrogen-bond acceptors (Lipinski definition) is 3. The zero-order valence-corrected chi connectivity index (χ0v) is 9.57. The fourth-order valence-electron chi connectivity index (χ4n) is 2.31. The lowest BCUT2D eigenvalue weighted by Gasteiger charge is -2.34. The quantitative estimate of drug-likeness (QED) is 0.727. The molecule has 1 aliphatic carbocycles. The van der Waals surface area contributed by atoms with Gasteiger partial charge in [0, 0.05) is 25.7 Å². The summed E-state index contributed by atoms with van der Waals surface area (Å²) < 4.78 is 5.09. The Morgan fingerprint density at radius 3 is 2.57 bits per heavy atom. The minimum absolute atomic E-state index is 0.130. The molecular formula is C11H23NO2. The molecule has 0 aromatic rings. The molecule has 2 atom stereocenters. The zero-order valence-electron chi connectivity index (χ0n) is 9.57. The molecule has 0 heterocycles. The van der Waals surface area contributed by atoms with Gasteiger partial charge in [-0.3, -0.25) is 4.90 Å². The molecule has 3 nitrogen and oxygen atoms in total. The highest BCUT2D eigenvalue weighted by atomic mass is 16.5. The molecule has 1 fully saturated rings. The Bertz CT molecular complexity index is 161. The van der Waals surface area contributed by atoms with Gasteiger partial charge in [-0.2, -0.15) is 0 Å². The average Bonchev–Trinajstić information content (AvgIpc) is 2.52. The Morgan fingerprint density at radius 2 is 2.14 bits per heavy atom. The van der Waals surface area contributed by atoms with Crippen LogP contribution in [0.25, 0.3) is 0 Å². The molecule has 0 radical (unpaired) electrons. The lowest BCUT2D eigenvalue weighted by molar-refractivity contribution is 0.0340. The number of nitrogens with zero attached hydrogens (tertiary/aromatic N) is 1. The van der Waals surface area contributed by atoms with Crippen LogP contribution in [0, 0.1) is 0 Å². The molecule has 14 heavy (non-hydrogen) atoms. The van der Waals surface area contributed by atoms with E-state index < -0.39 is 0 Å². The van der Waals surface area contributed by atoms with Crippen LogP contribution in [-0.2, 0) is 4.74 Å². The molecule has 0 aromatic heterocycles. The molecule has 0 aromatic carbocycles. The summed E-state index contributed by atoms with van der Waals surface area (Å²) in [5.74, 6) is 0. The molecule has 0 amide bonds. The van der Waals surface area contributed by atoms with Crippen LogP contribution in [0.3, 0.4) is 0 Å². The number of hydrogen-bond donors (Lipinski definition) is 1. The van der Waals surface area contributed by atoms with E-state index in [1.165, 1.54) is 0 Å².